The fourth-order valence-corrected chi connectivity index (χ4v) is 2.36. The van der Waals surface area contributed by atoms with Crippen LogP contribution in [0.5, 0.6) is 0 Å². The summed E-state index contributed by atoms with van der Waals surface area (Å²) in [6.45, 7) is 16.3. The summed E-state index contributed by atoms with van der Waals surface area (Å²) in [5.74, 6) is 0. The Bertz CT molecular complexity index is 206. The van der Waals surface area contributed by atoms with E-state index in [0.29, 0.717) is 5.41 Å². The van der Waals surface area contributed by atoms with Crippen molar-refractivity contribution in [1.82, 2.24) is 15.1 Å². The van der Waals surface area contributed by atoms with Crippen molar-refractivity contribution in [3.63, 3.8) is 0 Å². The van der Waals surface area contributed by atoms with E-state index in [0.717, 1.165) is 19.6 Å². The Morgan fingerprint density at radius 1 is 1.05 bits per heavy atom. The lowest BCUT2D eigenvalue weighted by molar-refractivity contribution is 0.156. The van der Waals surface area contributed by atoms with Gasteiger partial charge in [-0.3, -0.25) is 0 Å². The summed E-state index contributed by atoms with van der Waals surface area (Å²) in [7, 11) is 4.31. The molecule has 0 amide bonds. The van der Waals surface area contributed by atoms with Crippen molar-refractivity contribution in [2.45, 2.75) is 47.0 Å². The molecule has 0 heterocycles. The van der Waals surface area contributed by atoms with Crippen LogP contribution in [0, 0.1) is 5.41 Å². The fraction of sp³-hybridized carbons (Fsp3) is 1.00. The molecule has 0 aliphatic carbocycles. The van der Waals surface area contributed by atoms with E-state index < -0.39 is 0 Å². The van der Waals surface area contributed by atoms with Gasteiger partial charge in [0.1, 0.15) is 0 Å². The van der Waals surface area contributed by atoms with E-state index in [2.05, 4.69) is 56.9 Å². The standard InChI is InChI=1S/C16H37N3/c1-7-11-17-14-16(4,8-2)15-19(9-3)13-10-12-18(5)6/h17H,7-15H2,1-6H3. The molecule has 3 heteroatoms. The summed E-state index contributed by atoms with van der Waals surface area (Å²) in [5, 5.41) is 3.60. The second-order valence-electron chi connectivity index (χ2n) is 6.37. The van der Waals surface area contributed by atoms with Gasteiger partial charge in [0.05, 0.1) is 0 Å². The Morgan fingerprint density at radius 2 is 1.74 bits per heavy atom. The van der Waals surface area contributed by atoms with Crippen molar-refractivity contribution in [2.75, 3.05) is 53.4 Å². The van der Waals surface area contributed by atoms with E-state index >= 15 is 0 Å². The molecule has 0 fully saturated rings. The van der Waals surface area contributed by atoms with Crippen LogP contribution in [0.1, 0.15) is 47.0 Å². The first-order valence-electron chi connectivity index (χ1n) is 8.05. The molecule has 1 N–H and O–H groups in total. The number of hydrogen-bond donors (Lipinski definition) is 1. The molecule has 0 spiro atoms. The summed E-state index contributed by atoms with van der Waals surface area (Å²) in [5.41, 5.74) is 0.406. The largest absolute Gasteiger partial charge is 0.316 e. The van der Waals surface area contributed by atoms with Gasteiger partial charge in [-0.05, 0) is 65.0 Å². The van der Waals surface area contributed by atoms with Gasteiger partial charge in [-0.1, -0.05) is 27.7 Å². The van der Waals surface area contributed by atoms with Gasteiger partial charge < -0.3 is 15.1 Å². The van der Waals surface area contributed by atoms with Crippen LogP contribution in [0.4, 0.5) is 0 Å². The van der Waals surface area contributed by atoms with Crippen LogP contribution in [0.25, 0.3) is 0 Å². The van der Waals surface area contributed by atoms with Crippen LogP contribution in [-0.2, 0) is 0 Å². The Labute approximate surface area is 121 Å². The third-order valence-corrected chi connectivity index (χ3v) is 3.96. The summed E-state index contributed by atoms with van der Waals surface area (Å²) < 4.78 is 0. The molecular formula is C16H37N3. The van der Waals surface area contributed by atoms with Crippen LogP contribution in [0.15, 0.2) is 0 Å². The third kappa shape index (κ3) is 9.42. The summed E-state index contributed by atoms with van der Waals surface area (Å²) in [6, 6.07) is 0. The molecule has 1 unspecified atom stereocenters. The van der Waals surface area contributed by atoms with E-state index in [1.54, 1.807) is 0 Å². The molecule has 0 aromatic carbocycles. The average molecular weight is 271 g/mol. The molecule has 3 nitrogen and oxygen atoms in total. The maximum Gasteiger partial charge on any atom is 0.00473 e. The highest BCUT2D eigenvalue weighted by Crippen LogP contribution is 2.21. The smallest absolute Gasteiger partial charge is 0.00473 e. The molecule has 19 heavy (non-hydrogen) atoms. The van der Waals surface area contributed by atoms with E-state index in [1.165, 1.54) is 38.9 Å². The van der Waals surface area contributed by atoms with Crippen LogP contribution in [0.2, 0.25) is 0 Å². The number of nitrogens with zero attached hydrogens (tertiary/aromatic N) is 2. The molecule has 0 radical (unpaired) electrons. The molecule has 0 aliphatic heterocycles. The monoisotopic (exact) mass is 271 g/mol. The Morgan fingerprint density at radius 3 is 2.21 bits per heavy atom. The van der Waals surface area contributed by atoms with Gasteiger partial charge in [0.25, 0.3) is 0 Å². The highest BCUT2D eigenvalue weighted by Gasteiger charge is 2.24. The first-order valence-corrected chi connectivity index (χ1v) is 8.05. The number of hydrogen-bond acceptors (Lipinski definition) is 3. The van der Waals surface area contributed by atoms with Gasteiger partial charge in [0, 0.05) is 13.1 Å². The Balaban J connectivity index is 4.13. The second kappa shape index (κ2) is 10.6. The number of nitrogens with one attached hydrogen (secondary N) is 1. The zero-order chi connectivity index (χ0) is 14.7. The van der Waals surface area contributed by atoms with Crippen molar-refractivity contribution in [1.29, 1.82) is 0 Å². The third-order valence-electron chi connectivity index (χ3n) is 3.96. The zero-order valence-corrected chi connectivity index (χ0v) is 14.3. The maximum atomic E-state index is 3.60. The lowest BCUT2D eigenvalue weighted by Gasteiger charge is -2.35. The molecule has 0 aromatic heterocycles. The Hall–Kier alpha value is -0.120. The van der Waals surface area contributed by atoms with Crippen molar-refractivity contribution in [2.24, 2.45) is 5.41 Å². The first kappa shape index (κ1) is 18.9. The van der Waals surface area contributed by atoms with Crippen molar-refractivity contribution < 1.29 is 0 Å². The van der Waals surface area contributed by atoms with Crippen LogP contribution < -0.4 is 5.32 Å². The molecule has 0 aromatic rings. The van der Waals surface area contributed by atoms with E-state index in [4.69, 9.17) is 0 Å². The lowest BCUT2D eigenvalue weighted by atomic mass is 9.86. The predicted molar refractivity (Wildman–Crippen MR) is 86.8 cm³/mol. The first-order chi connectivity index (χ1) is 8.97. The summed E-state index contributed by atoms with van der Waals surface area (Å²) in [6.07, 6.45) is 3.73. The highest BCUT2D eigenvalue weighted by atomic mass is 15.1. The molecule has 0 aliphatic rings. The van der Waals surface area contributed by atoms with Crippen LogP contribution in [0.3, 0.4) is 0 Å². The molecule has 0 rings (SSSR count). The minimum Gasteiger partial charge on any atom is -0.316 e. The summed E-state index contributed by atoms with van der Waals surface area (Å²) in [4.78, 5) is 4.89. The average Bonchev–Trinajstić information content (AvgIpc) is 2.37. The molecule has 116 valence electrons. The van der Waals surface area contributed by atoms with Gasteiger partial charge in [-0.25, -0.2) is 0 Å². The minimum atomic E-state index is 0.406. The minimum absolute atomic E-state index is 0.406. The fourth-order valence-electron chi connectivity index (χ4n) is 2.36. The predicted octanol–water partition coefficient (Wildman–Crippen LogP) is 2.68. The van der Waals surface area contributed by atoms with Gasteiger partial charge >= 0.3 is 0 Å². The SMILES string of the molecule is CCCNCC(C)(CC)CN(CC)CCCN(C)C. The topological polar surface area (TPSA) is 18.5 Å². The lowest BCUT2D eigenvalue weighted by Crippen LogP contribution is -2.43. The van der Waals surface area contributed by atoms with Gasteiger partial charge in [0.2, 0.25) is 0 Å². The quantitative estimate of drug-likeness (QED) is 0.551. The second-order valence-corrected chi connectivity index (χ2v) is 6.37. The molecule has 1 atom stereocenters. The highest BCUT2D eigenvalue weighted by molar-refractivity contribution is 4.79. The summed E-state index contributed by atoms with van der Waals surface area (Å²) >= 11 is 0. The zero-order valence-electron chi connectivity index (χ0n) is 14.3. The van der Waals surface area contributed by atoms with Gasteiger partial charge in [0.15, 0.2) is 0 Å². The van der Waals surface area contributed by atoms with E-state index in [1.807, 2.05) is 0 Å². The normalized spacial score (nSPS) is 15.2. The van der Waals surface area contributed by atoms with E-state index in [-0.39, 0.29) is 0 Å². The van der Waals surface area contributed by atoms with Crippen LogP contribution >= 0.6 is 0 Å². The molecular weight excluding hydrogens is 234 g/mol. The molecule has 0 bridgehead atoms. The molecule has 0 saturated carbocycles. The maximum absolute atomic E-state index is 3.60. The van der Waals surface area contributed by atoms with Crippen molar-refractivity contribution >= 4 is 0 Å². The van der Waals surface area contributed by atoms with Crippen molar-refractivity contribution in [3.8, 4) is 0 Å². The number of rotatable bonds is 12. The van der Waals surface area contributed by atoms with Gasteiger partial charge in [-0.15, -0.1) is 0 Å². The Kier molecular flexibility index (Phi) is 10.6. The van der Waals surface area contributed by atoms with Crippen molar-refractivity contribution in [3.05, 3.63) is 0 Å². The molecule has 0 saturated heterocycles. The van der Waals surface area contributed by atoms with Gasteiger partial charge in [-0.2, -0.15) is 0 Å². The van der Waals surface area contributed by atoms with Crippen LogP contribution in [-0.4, -0.2) is 63.2 Å². The van der Waals surface area contributed by atoms with E-state index in [9.17, 15) is 0 Å².